The topological polar surface area (TPSA) is 162 Å². The zero-order valence-corrected chi connectivity index (χ0v) is 35.4. The molecule has 0 amide bonds. The van der Waals surface area contributed by atoms with Gasteiger partial charge >= 0.3 is 0 Å². The smallest absolute Gasteiger partial charge is 0.253 e. The van der Waals surface area contributed by atoms with Crippen LogP contribution in [0.2, 0.25) is 0 Å². The molecule has 4 unspecified atom stereocenters. The lowest BCUT2D eigenvalue weighted by Gasteiger charge is -2.39. The minimum atomic E-state index is -0.271. The van der Waals surface area contributed by atoms with E-state index in [-0.39, 0.29) is 47.9 Å². The van der Waals surface area contributed by atoms with Crippen LogP contribution >= 0.6 is 0 Å². The van der Waals surface area contributed by atoms with E-state index >= 15 is 0 Å². The lowest BCUT2D eigenvalue weighted by molar-refractivity contribution is -0.120. The van der Waals surface area contributed by atoms with E-state index in [9.17, 15) is 13.6 Å². The monoisotopic (exact) mass is 842 g/mol. The van der Waals surface area contributed by atoms with Crippen molar-refractivity contribution in [3.63, 3.8) is 0 Å². The largest absolute Gasteiger partial charge is 0.377 e. The third kappa shape index (κ3) is 10.4. The van der Waals surface area contributed by atoms with E-state index in [1.165, 1.54) is 0 Å². The number of rotatable bonds is 9. The maximum absolute atomic E-state index is 14.8. The zero-order chi connectivity index (χ0) is 43.8. The number of halogens is 2. The van der Waals surface area contributed by atoms with Gasteiger partial charge in [-0.3, -0.25) is 4.79 Å². The number of ether oxygens (including phenoxy) is 1. The van der Waals surface area contributed by atoms with Crippen LogP contribution in [0.4, 0.5) is 14.7 Å². The van der Waals surface area contributed by atoms with Crippen LogP contribution in [0.25, 0.3) is 22.3 Å². The summed E-state index contributed by atoms with van der Waals surface area (Å²) in [6, 6.07) is 33.3. The van der Waals surface area contributed by atoms with Crippen LogP contribution in [0.5, 0.6) is 0 Å². The van der Waals surface area contributed by atoms with Crippen LogP contribution in [0, 0.1) is 11.6 Å². The Bertz CT molecular complexity index is 2490. The summed E-state index contributed by atoms with van der Waals surface area (Å²) in [6.45, 7) is 10.7. The standard InChI is InChI=1S/C24H27FN4O2.C24H25FN4O2/c1-15-13-30-14-16(2)29(15)24(26)27-23-12-22(28-31-23)17(3)19-9-10-20(21(25)11-19)18-7-5-4-6-8-18;1-16(18-7-8-21(22(25)13-18)17-5-3-2-4-6-17)23-14-19(28-31-23)15-27-24(26)29-11-9-20(30)10-12-29/h4-12,15-17H,13-14H2,1-3H3,(H2,26,27);2-8,13-14,16H,9-12,15H2,1H3,(H2,26,27). The molecule has 2 aromatic heterocycles. The number of guanidine groups is 2. The van der Waals surface area contributed by atoms with Gasteiger partial charge in [0.25, 0.3) is 5.88 Å². The van der Waals surface area contributed by atoms with Gasteiger partial charge in [-0.15, -0.1) is 0 Å². The molecule has 14 heteroatoms. The Morgan fingerprint density at radius 3 is 1.87 bits per heavy atom. The molecule has 0 radical (unpaired) electrons. The molecule has 12 nitrogen and oxygen atoms in total. The van der Waals surface area contributed by atoms with E-state index in [0.717, 1.165) is 22.3 Å². The average Bonchev–Trinajstić information content (AvgIpc) is 3.96. The van der Waals surface area contributed by atoms with Crippen LogP contribution in [0.1, 0.15) is 80.6 Å². The second-order valence-corrected chi connectivity index (χ2v) is 15.8. The molecule has 0 spiro atoms. The molecule has 0 aliphatic carbocycles. The summed E-state index contributed by atoms with van der Waals surface area (Å²) in [4.78, 5) is 24.1. The summed E-state index contributed by atoms with van der Waals surface area (Å²) in [5, 5.41) is 8.21. The van der Waals surface area contributed by atoms with E-state index < -0.39 is 0 Å². The Morgan fingerprint density at radius 1 is 0.742 bits per heavy atom. The molecule has 2 aliphatic heterocycles. The molecule has 2 saturated heterocycles. The summed E-state index contributed by atoms with van der Waals surface area (Å²) in [5.41, 5.74) is 18.0. The number of piperidine rings is 1. The predicted octanol–water partition coefficient (Wildman–Crippen LogP) is 8.80. The van der Waals surface area contributed by atoms with Gasteiger partial charge in [0.15, 0.2) is 11.9 Å². The van der Waals surface area contributed by atoms with Gasteiger partial charge in [0.05, 0.1) is 37.5 Å². The van der Waals surface area contributed by atoms with Gasteiger partial charge in [-0.05, 0) is 48.2 Å². The molecule has 2 aliphatic rings. The van der Waals surface area contributed by atoms with Gasteiger partial charge in [-0.25, -0.2) is 13.8 Å². The highest BCUT2D eigenvalue weighted by Gasteiger charge is 2.28. The number of hydrogen-bond acceptors (Lipinski definition) is 8. The predicted molar refractivity (Wildman–Crippen MR) is 236 cm³/mol. The first-order valence-corrected chi connectivity index (χ1v) is 20.8. The molecule has 4 atom stereocenters. The lowest BCUT2D eigenvalue weighted by atomic mass is 9.95. The number of morpholine rings is 1. The molecule has 4 aromatic carbocycles. The SMILES string of the molecule is CC(c1ccc(-c2ccccc2)c(F)c1)c1cc(/N=C(\N)N2C(C)COCC2C)on1.CC(c1ccc(-c2ccccc2)c(F)c1)c1cc(C/N=C(\N)N2CCC(=O)CC2)no1. The van der Waals surface area contributed by atoms with Crippen LogP contribution in [-0.4, -0.2) is 76.2 Å². The third-order valence-electron chi connectivity index (χ3n) is 11.3. The molecule has 2 fully saturated rings. The number of carbonyl (C=O) groups is 1. The molecule has 4 heterocycles. The number of aromatic nitrogens is 2. The van der Waals surface area contributed by atoms with Crippen molar-refractivity contribution < 1.29 is 27.4 Å². The zero-order valence-electron chi connectivity index (χ0n) is 35.4. The highest BCUT2D eigenvalue weighted by Crippen LogP contribution is 2.32. The van der Waals surface area contributed by atoms with Gasteiger partial charge in [0.2, 0.25) is 0 Å². The van der Waals surface area contributed by atoms with Crippen LogP contribution in [-0.2, 0) is 16.1 Å². The van der Waals surface area contributed by atoms with Crippen molar-refractivity contribution in [2.75, 3.05) is 26.3 Å². The van der Waals surface area contributed by atoms with E-state index in [1.807, 2.05) is 116 Å². The second-order valence-electron chi connectivity index (χ2n) is 15.8. The van der Waals surface area contributed by atoms with Crippen LogP contribution < -0.4 is 11.5 Å². The summed E-state index contributed by atoms with van der Waals surface area (Å²) in [6.07, 6.45) is 1.00. The number of benzene rings is 4. The number of hydrogen-bond donors (Lipinski definition) is 2. The van der Waals surface area contributed by atoms with E-state index in [1.54, 1.807) is 30.3 Å². The van der Waals surface area contributed by atoms with Crippen molar-refractivity contribution in [3.8, 4) is 22.3 Å². The molecule has 0 saturated carbocycles. The first-order valence-electron chi connectivity index (χ1n) is 20.8. The maximum atomic E-state index is 14.8. The van der Waals surface area contributed by atoms with Crippen molar-refractivity contribution in [3.05, 3.63) is 149 Å². The van der Waals surface area contributed by atoms with Crippen LogP contribution in [0.15, 0.2) is 128 Å². The molecular weight excluding hydrogens is 791 g/mol. The molecule has 322 valence electrons. The van der Waals surface area contributed by atoms with E-state index in [0.29, 0.717) is 85.2 Å². The normalized spacial score (nSPS) is 18.3. The van der Waals surface area contributed by atoms with Crippen molar-refractivity contribution in [2.24, 2.45) is 21.5 Å². The minimum absolute atomic E-state index is 0.125. The summed E-state index contributed by atoms with van der Waals surface area (Å²) in [7, 11) is 0. The second kappa shape index (κ2) is 19.8. The van der Waals surface area contributed by atoms with Gasteiger partial charge in [-0.2, -0.15) is 4.99 Å². The van der Waals surface area contributed by atoms with E-state index in [2.05, 4.69) is 20.3 Å². The number of likely N-dealkylation sites (tertiary alicyclic amines) is 1. The first kappa shape index (κ1) is 43.4. The highest BCUT2D eigenvalue weighted by molar-refractivity contribution is 5.84. The minimum Gasteiger partial charge on any atom is -0.377 e. The number of nitrogens with two attached hydrogens (primary N) is 2. The fourth-order valence-electron chi connectivity index (χ4n) is 7.66. The molecule has 4 N–H and O–H groups in total. The lowest BCUT2D eigenvalue weighted by Crippen LogP contribution is -2.55. The van der Waals surface area contributed by atoms with Gasteiger partial charge in [-0.1, -0.05) is 109 Å². The number of Topliss-reactive ketones (excluding diaryl/α,β-unsaturated/α-hetero) is 1. The summed E-state index contributed by atoms with van der Waals surface area (Å²) < 4.78 is 45.9. The average molecular weight is 843 g/mol. The van der Waals surface area contributed by atoms with Crippen molar-refractivity contribution >= 4 is 23.6 Å². The number of aliphatic imine (C=N–C) groups is 2. The number of ketones is 1. The van der Waals surface area contributed by atoms with Gasteiger partial charge in [0, 0.05) is 61.0 Å². The Labute approximate surface area is 360 Å². The van der Waals surface area contributed by atoms with Crippen molar-refractivity contribution in [1.29, 1.82) is 0 Å². The molecule has 0 bridgehead atoms. The molecule has 62 heavy (non-hydrogen) atoms. The fourth-order valence-corrected chi connectivity index (χ4v) is 7.66. The molecular formula is C48H52F2N8O4. The molecule has 8 rings (SSSR count). The Kier molecular flexibility index (Phi) is 13.9. The summed E-state index contributed by atoms with van der Waals surface area (Å²) in [5.74, 6) is 1.15. The van der Waals surface area contributed by atoms with Gasteiger partial charge < -0.3 is 35.1 Å². The van der Waals surface area contributed by atoms with Crippen LogP contribution in [0.3, 0.4) is 0 Å². The maximum Gasteiger partial charge on any atom is 0.253 e. The third-order valence-corrected chi connectivity index (χ3v) is 11.3. The Morgan fingerprint density at radius 2 is 1.31 bits per heavy atom. The fraction of sp³-hybridized carbons (Fsp3) is 0.312. The highest BCUT2D eigenvalue weighted by atomic mass is 19.1. The summed E-state index contributed by atoms with van der Waals surface area (Å²) >= 11 is 0. The Balaban J connectivity index is 0.000000186. The van der Waals surface area contributed by atoms with Crippen molar-refractivity contribution in [2.45, 2.75) is 71.0 Å². The first-order chi connectivity index (χ1) is 29.9. The quantitative estimate of drug-likeness (QED) is 0.106. The van der Waals surface area contributed by atoms with E-state index in [4.69, 9.17) is 25.3 Å². The van der Waals surface area contributed by atoms with Gasteiger partial charge in [0.1, 0.15) is 28.9 Å². The number of carbonyl (C=O) groups excluding carboxylic acids is 1. The molecule has 6 aromatic rings. The number of nitrogens with zero attached hydrogens (tertiary/aromatic N) is 6. The van der Waals surface area contributed by atoms with Crippen molar-refractivity contribution in [1.82, 2.24) is 20.1 Å². The Hall–Kier alpha value is -6.67.